The van der Waals surface area contributed by atoms with Crippen LogP contribution in [0.15, 0.2) is 29.3 Å². The maximum absolute atomic E-state index is 11.2. The molecule has 0 aromatic heterocycles. The second kappa shape index (κ2) is 5.24. The predicted octanol–water partition coefficient (Wildman–Crippen LogP) is 3.36. The van der Waals surface area contributed by atoms with Gasteiger partial charge in [0.1, 0.15) is 0 Å². The summed E-state index contributed by atoms with van der Waals surface area (Å²) in [5, 5.41) is 0. The molecule has 1 rings (SSSR count). The van der Waals surface area contributed by atoms with Gasteiger partial charge in [0.2, 0.25) is 0 Å². The van der Waals surface area contributed by atoms with E-state index >= 15 is 0 Å². The van der Waals surface area contributed by atoms with E-state index < -0.39 is 0 Å². The molecule has 0 spiro atoms. The average Bonchev–Trinajstić information content (AvgIpc) is 2.16. The number of hydrogen-bond donors (Lipinski definition) is 0. The number of para-hydroxylation sites is 1. The molecule has 0 fully saturated rings. The van der Waals surface area contributed by atoms with E-state index in [2.05, 4.69) is 27.6 Å². The Morgan fingerprint density at radius 2 is 2.07 bits per heavy atom. The summed E-state index contributed by atoms with van der Waals surface area (Å²) in [5.74, 6) is 0.0483. The number of nitrogens with zero attached hydrogens (tertiary/aromatic N) is 1. The van der Waals surface area contributed by atoms with E-state index in [0.717, 1.165) is 9.26 Å². The van der Waals surface area contributed by atoms with E-state index in [1.807, 2.05) is 31.2 Å². The molecule has 0 unspecified atom stereocenters. The van der Waals surface area contributed by atoms with Crippen molar-refractivity contribution in [1.29, 1.82) is 0 Å². The van der Waals surface area contributed by atoms with Crippen LogP contribution in [0.3, 0.4) is 0 Å². The fraction of sp³-hybridized carbons (Fsp3) is 0.273. The summed E-state index contributed by atoms with van der Waals surface area (Å²) in [6, 6.07) is 7.78. The normalized spacial score (nSPS) is 11.5. The molecular formula is C11H12INO. The number of Topliss-reactive ketones (excluding diaryl/α,β-unsaturated/α-hetero) is 1. The molecule has 0 radical (unpaired) electrons. The third kappa shape index (κ3) is 2.90. The molecule has 1 aromatic carbocycles. The van der Waals surface area contributed by atoms with Gasteiger partial charge in [-0.1, -0.05) is 19.1 Å². The number of aliphatic imine (C=N–C) groups is 1. The monoisotopic (exact) mass is 301 g/mol. The number of hydrogen-bond acceptors (Lipinski definition) is 2. The first kappa shape index (κ1) is 11.4. The van der Waals surface area contributed by atoms with E-state index in [1.165, 1.54) is 0 Å². The number of carbonyl (C=O) groups excluding carboxylic acids is 1. The summed E-state index contributed by atoms with van der Waals surface area (Å²) in [4.78, 5) is 15.5. The zero-order chi connectivity index (χ0) is 10.6. The van der Waals surface area contributed by atoms with Crippen molar-refractivity contribution < 1.29 is 4.79 Å². The molecule has 0 aliphatic rings. The lowest BCUT2D eigenvalue weighted by atomic mass is 10.2. The highest BCUT2D eigenvalue weighted by atomic mass is 127. The minimum atomic E-state index is 0.0483. The molecule has 0 atom stereocenters. The van der Waals surface area contributed by atoms with Crippen molar-refractivity contribution in [3.8, 4) is 0 Å². The molecule has 3 heteroatoms. The Kier molecular flexibility index (Phi) is 4.25. The minimum absolute atomic E-state index is 0.0483. The summed E-state index contributed by atoms with van der Waals surface area (Å²) in [7, 11) is 0. The van der Waals surface area contributed by atoms with Gasteiger partial charge in [0.05, 0.1) is 11.4 Å². The molecule has 0 aliphatic heterocycles. The molecular weight excluding hydrogens is 289 g/mol. The van der Waals surface area contributed by atoms with E-state index in [9.17, 15) is 4.79 Å². The van der Waals surface area contributed by atoms with E-state index in [4.69, 9.17) is 0 Å². The zero-order valence-corrected chi connectivity index (χ0v) is 10.4. The Morgan fingerprint density at radius 3 is 2.57 bits per heavy atom. The lowest BCUT2D eigenvalue weighted by Gasteiger charge is -2.00. The van der Waals surface area contributed by atoms with Crippen molar-refractivity contribution in [2.75, 3.05) is 0 Å². The molecule has 2 nitrogen and oxygen atoms in total. The molecule has 0 saturated carbocycles. The predicted molar refractivity (Wildman–Crippen MR) is 67.2 cm³/mol. The minimum Gasteiger partial charge on any atom is -0.293 e. The lowest BCUT2D eigenvalue weighted by Crippen LogP contribution is -2.07. The first-order valence-electron chi connectivity index (χ1n) is 4.48. The number of ketones is 1. The standard InChI is InChI=1S/C11H12INO/c1-3-10(8(2)14)13-11-7-5-4-6-9(11)12/h4-7H,3H2,1-2H3. The Morgan fingerprint density at radius 1 is 1.43 bits per heavy atom. The molecule has 1 aromatic rings. The first-order valence-corrected chi connectivity index (χ1v) is 5.56. The van der Waals surface area contributed by atoms with Crippen molar-refractivity contribution >= 4 is 39.8 Å². The maximum Gasteiger partial charge on any atom is 0.173 e. The van der Waals surface area contributed by atoms with Crippen LogP contribution in [0.5, 0.6) is 0 Å². The van der Waals surface area contributed by atoms with Crippen molar-refractivity contribution in [2.45, 2.75) is 20.3 Å². The van der Waals surface area contributed by atoms with Crippen LogP contribution in [-0.2, 0) is 4.79 Å². The molecule has 0 aliphatic carbocycles. The summed E-state index contributed by atoms with van der Waals surface area (Å²) in [5.41, 5.74) is 1.51. The van der Waals surface area contributed by atoms with Gasteiger partial charge < -0.3 is 0 Å². The smallest absolute Gasteiger partial charge is 0.173 e. The summed E-state index contributed by atoms with van der Waals surface area (Å²) < 4.78 is 1.07. The number of halogens is 1. The fourth-order valence-electron chi connectivity index (χ4n) is 1.09. The van der Waals surface area contributed by atoms with Gasteiger partial charge in [0.25, 0.3) is 0 Å². The Labute approximate surface area is 97.6 Å². The zero-order valence-electron chi connectivity index (χ0n) is 8.25. The molecule has 0 N–H and O–H groups in total. The highest BCUT2D eigenvalue weighted by Gasteiger charge is 2.04. The van der Waals surface area contributed by atoms with Gasteiger partial charge >= 0.3 is 0 Å². The van der Waals surface area contributed by atoms with Crippen molar-refractivity contribution in [3.05, 3.63) is 27.8 Å². The Bertz CT molecular complexity index is 371. The molecule has 0 bridgehead atoms. The molecule has 0 amide bonds. The maximum atomic E-state index is 11.2. The van der Waals surface area contributed by atoms with Crippen LogP contribution in [0.25, 0.3) is 0 Å². The Balaban J connectivity index is 3.07. The Hall–Kier alpha value is -0.710. The van der Waals surface area contributed by atoms with Crippen LogP contribution >= 0.6 is 22.6 Å². The quantitative estimate of drug-likeness (QED) is 0.622. The van der Waals surface area contributed by atoms with Gasteiger partial charge in [-0.15, -0.1) is 0 Å². The van der Waals surface area contributed by atoms with Crippen LogP contribution in [-0.4, -0.2) is 11.5 Å². The van der Waals surface area contributed by atoms with Crippen LogP contribution in [0.1, 0.15) is 20.3 Å². The third-order valence-electron chi connectivity index (χ3n) is 1.85. The molecule has 14 heavy (non-hydrogen) atoms. The molecule has 0 heterocycles. The first-order chi connectivity index (χ1) is 6.65. The van der Waals surface area contributed by atoms with Crippen molar-refractivity contribution in [3.63, 3.8) is 0 Å². The van der Waals surface area contributed by atoms with Gasteiger partial charge in [0.15, 0.2) is 5.78 Å². The second-order valence-corrected chi connectivity index (χ2v) is 4.08. The van der Waals surface area contributed by atoms with E-state index in [-0.39, 0.29) is 5.78 Å². The van der Waals surface area contributed by atoms with Crippen LogP contribution in [0.2, 0.25) is 0 Å². The van der Waals surface area contributed by atoms with Gasteiger partial charge in [-0.25, -0.2) is 4.99 Å². The topological polar surface area (TPSA) is 29.4 Å². The highest BCUT2D eigenvalue weighted by molar-refractivity contribution is 14.1. The van der Waals surface area contributed by atoms with Gasteiger partial charge in [-0.2, -0.15) is 0 Å². The van der Waals surface area contributed by atoms with Crippen LogP contribution < -0.4 is 0 Å². The average molecular weight is 301 g/mol. The lowest BCUT2D eigenvalue weighted by molar-refractivity contribution is -0.111. The van der Waals surface area contributed by atoms with Crippen molar-refractivity contribution in [1.82, 2.24) is 0 Å². The van der Waals surface area contributed by atoms with E-state index in [1.54, 1.807) is 6.92 Å². The van der Waals surface area contributed by atoms with Gasteiger partial charge in [-0.3, -0.25) is 4.79 Å². The third-order valence-corrected chi connectivity index (χ3v) is 2.76. The fourth-order valence-corrected chi connectivity index (χ4v) is 1.60. The SMILES string of the molecule is CCC(=Nc1ccccc1I)C(C)=O. The largest absolute Gasteiger partial charge is 0.293 e. The second-order valence-electron chi connectivity index (χ2n) is 2.92. The number of benzene rings is 1. The van der Waals surface area contributed by atoms with E-state index in [0.29, 0.717) is 12.1 Å². The summed E-state index contributed by atoms with van der Waals surface area (Å²) in [6.45, 7) is 3.49. The molecule has 74 valence electrons. The summed E-state index contributed by atoms with van der Waals surface area (Å²) in [6.07, 6.45) is 0.681. The van der Waals surface area contributed by atoms with Crippen molar-refractivity contribution in [2.24, 2.45) is 4.99 Å². The van der Waals surface area contributed by atoms with Crippen LogP contribution in [0.4, 0.5) is 5.69 Å². The highest BCUT2D eigenvalue weighted by Crippen LogP contribution is 2.20. The van der Waals surface area contributed by atoms with Gasteiger partial charge in [-0.05, 0) is 41.1 Å². The number of rotatable bonds is 3. The summed E-state index contributed by atoms with van der Waals surface area (Å²) >= 11 is 2.22. The number of carbonyl (C=O) groups is 1. The van der Waals surface area contributed by atoms with Gasteiger partial charge in [0, 0.05) is 10.5 Å². The van der Waals surface area contributed by atoms with Crippen LogP contribution in [0, 0.1) is 3.57 Å². The molecule has 0 saturated heterocycles.